The maximum atomic E-state index is 11.3. The average molecular weight is 411 g/mol. The van der Waals surface area contributed by atoms with E-state index in [2.05, 4.69) is 11.9 Å². The Balaban J connectivity index is 1.95. The summed E-state index contributed by atoms with van der Waals surface area (Å²) in [6.07, 6.45) is 3.64. The van der Waals surface area contributed by atoms with Crippen molar-refractivity contribution in [3.8, 4) is 11.5 Å². The number of aromatic nitrogens is 1. The van der Waals surface area contributed by atoms with E-state index in [-0.39, 0.29) is 6.42 Å². The number of thiazole rings is 1. The molecule has 0 aliphatic rings. The molecule has 3 aromatic rings. The Morgan fingerprint density at radius 2 is 1.97 bits per heavy atom. The quantitative estimate of drug-likeness (QED) is 0.458. The normalized spacial score (nSPS) is 11.6. The molecule has 1 heterocycles. The molecule has 0 fully saturated rings. The highest BCUT2D eigenvalue weighted by Gasteiger charge is 2.11. The van der Waals surface area contributed by atoms with Gasteiger partial charge in [-0.2, -0.15) is 0 Å². The Morgan fingerprint density at radius 1 is 1.14 bits per heavy atom. The zero-order valence-electron chi connectivity index (χ0n) is 16.6. The molecule has 6 heteroatoms. The zero-order valence-corrected chi connectivity index (χ0v) is 17.5. The van der Waals surface area contributed by atoms with Crippen LogP contribution in [-0.2, 0) is 4.79 Å². The van der Waals surface area contributed by atoms with E-state index >= 15 is 0 Å². The van der Waals surface area contributed by atoms with Crippen molar-refractivity contribution in [1.29, 1.82) is 0 Å². The minimum Gasteiger partial charge on any atom is -0.550 e. The van der Waals surface area contributed by atoms with E-state index in [1.807, 2.05) is 55.5 Å². The number of rotatable bonds is 10. The molecule has 2 aromatic carbocycles. The molecule has 1 aromatic heterocycles. The molecule has 0 saturated carbocycles. The summed E-state index contributed by atoms with van der Waals surface area (Å²) in [5.74, 6) is 0.202. The maximum Gasteiger partial charge on any atom is 0.161 e. The van der Waals surface area contributed by atoms with Gasteiger partial charge in [-0.05, 0) is 54.8 Å². The van der Waals surface area contributed by atoms with Gasteiger partial charge in [-0.3, -0.25) is 0 Å². The van der Waals surface area contributed by atoms with Crippen LogP contribution in [0.4, 0.5) is 0 Å². The third-order valence-electron chi connectivity index (χ3n) is 4.27. The number of ether oxygens (including phenoxy) is 2. The van der Waals surface area contributed by atoms with Crippen molar-refractivity contribution in [2.24, 2.45) is 0 Å². The number of carbonyl (C=O) groups excluding carboxylic acids is 1. The molecule has 0 aliphatic carbocycles. The maximum absolute atomic E-state index is 11.3. The number of benzene rings is 2. The monoisotopic (exact) mass is 410 g/mol. The van der Waals surface area contributed by atoms with Crippen molar-refractivity contribution in [3.05, 3.63) is 53.0 Å². The van der Waals surface area contributed by atoms with Crippen molar-refractivity contribution in [2.45, 2.75) is 33.1 Å². The third-order valence-corrected chi connectivity index (χ3v) is 5.38. The largest absolute Gasteiger partial charge is 0.550 e. The first-order valence-electron chi connectivity index (χ1n) is 9.76. The molecule has 0 spiro atoms. The molecular weight excluding hydrogens is 386 g/mol. The lowest BCUT2D eigenvalue weighted by molar-refractivity contribution is -0.304. The van der Waals surface area contributed by atoms with Crippen LogP contribution >= 0.6 is 11.3 Å². The predicted molar refractivity (Wildman–Crippen MR) is 115 cm³/mol. The highest BCUT2D eigenvalue weighted by molar-refractivity contribution is 7.19. The van der Waals surface area contributed by atoms with Crippen molar-refractivity contribution < 1.29 is 19.4 Å². The summed E-state index contributed by atoms with van der Waals surface area (Å²) in [6, 6.07) is 13.4. The highest BCUT2D eigenvalue weighted by atomic mass is 32.1. The first-order chi connectivity index (χ1) is 14.1. The molecule has 29 heavy (non-hydrogen) atoms. The summed E-state index contributed by atoms with van der Waals surface area (Å²) in [6.45, 7) is 5.18. The van der Waals surface area contributed by atoms with Crippen molar-refractivity contribution in [1.82, 2.24) is 4.98 Å². The van der Waals surface area contributed by atoms with Gasteiger partial charge in [-0.1, -0.05) is 31.5 Å². The summed E-state index contributed by atoms with van der Waals surface area (Å²) in [5, 5.41) is 12.0. The van der Waals surface area contributed by atoms with Gasteiger partial charge in [0.1, 0.15) is 5.01 Å². The average Bonchev–Trinajstić information content (AvgIpc) is 3.13. The molecule has 0 radical (unpaired) electrons. The second kappa shape index (κ2) is 10.1. The fraction of sp³-hybridized carbons (Fsp3) is 0.304. The van der Waals surface area contributed by atoms with Gasteiger partial charge < -0.3 is 19.4 Å². The number of hydrogen-bond donors (Lipinski definition) is 0. The van der Waals surface area contributed by atoms with Crippen LogP contribution in [0.2, 0.25) is 0 Å². The summed E-state index contributed by atoms with van der Waals surface area (Å²) >= 11 is 1.47. The molecule has 0 amide bonds. The molecule has 0 bridgehead atoms. The number of carbonyl (C=O) groups is 1. The Bertz CT molecular complexity index is 976. The first-order valence-corrected chi connectivity index (χ1v) is 10.6. The fourth-order valence-electron chi connectivity index (χ4n) is 2.88. The number of unbranched alkanes of at least 4 members (excludes halogenated alkanes) is 1. The number of para-hydroxylation sites is 1. The molecule has 5 nitrogen and oxygen atoms in total. The minimum atomic E-state index is -1.14. The van der Waals surface area contributed by atoms with Crippen LogP contribution in [0.1, 0.15) is 43.7 Å². The standard InChI is InChI=1S/C23H25NO4S/c1-3-5-12-28-19-11-10-16(14-20(19)27-4-2)13-17(15-22(25)26)23-24-18-8-6-7-9-21(18)29-23/h6-11,13-14H,3-5,12,15H2,1-2H3,(H,25,26)/p-1/b17-13+. The van der Waals surface area contributed by atoms with Gasteiger partial charge in [0.25, 0.3) is 0 Å². The van der Waals surface area contributed by atoms with E-state index in [0.717, 1.165) is 28.6 Å². The summed E-state index contributed by atoms with van der Waals surface area (Å²) in [7, 11) is 0. The van der Waals surface area contributed by atoms with Gasteiger partial charge in [0.2, 0.25) is 0 Å². The van der Waals surface area contributed by atoms with Gasteiger partial charge in [-0.15, -0.1) is 11.3 Å². The molecular formula is C23H24NO4S-. The third kappa shape index (κ3) is 5.57. The van der Waals surface area contributed by atoms with Crippen molar-refractivity contribution in [2.75, 3.05) is 13.2 Å². The number of aliphatic carboxylic acids is 1. The molecule has 0 N–H and O–H groups in total. The molecule has 3 rings (SSSR count). The van der Waals surface area contributed by atoms with E-state index < -0.39 is 5.97 Å². The molecule has 0 aliphatic heterocycles. The van der Waals surface area contributed by atoms with Crippen LogP contribution < -0.4 is 14.6 Å². The lowest BCUT2D eigenvalue weighted by Gasteiger charge is -2.13. The number of hydrogen-bond acceptors (Lipinski definition) is 6. The van der Waals surface area contributed by atoms with Gasteiger partial charge in [0.15, 0.2) is 11.5 Å². The molecule has 152 valence electrons. The predicted octanol–water partition coefficient (Wildman–Crippen LogP) is 4.55. The van der Waals surface area contributed by atoms with E-state index in [9.17, 15) is 9.90 Å². The smallest absolute Gasteiger partial charge is 0.161 e. The Labute approximate surface area is 174 Å². The number of nitrogens with zero attached hydrogens (tertiary/aromatic N) is 1. The number of carboxylic acids is 1. The number of carboxylic acid groups (broad SMARTS) is 1. The van der Waals surface area contributed by atoms with Gasteiger partial charge in [0.05, 0.1) is 23.4 Å². The van der Waals surface area contributed by atoms with E-state index in [1.165, 1.54) is 11.3 Å². The molecule has 0 unspecified atom stereocenters. The SMILES string of the molecule is CCCCOc1ccc(/C=C(\CC(=O)[O-])c2nc3ccccc3s2)cc1OCC. The van der Waals surface area contributed by atoms with Crippen LogP contribution in [-0.4, -0.2) is 24.2 Å². The second-order valence-corrected chi connectivity index (χ2v) is 7.58. The topological polar surface area (TPSA) is 71.5 Å². The van der Waals surface area contributed by atoms with E-state index in [0.29, 0.717) is 35.3 Å². The Morgan fingerprint density at radius 3 is 2.69 bits per heavy atom. The van der Waals surface area contributed by atoms with Crippen molar-refractivity contribution >= 4 is 39.2 Å². The Kier molecular flexibility index (Phi) is 7.25. The van der Waals surface area contributed by atoms with Gasteiger partial charge in [0, 0.05) is 12.4 Å². The number of fused-ring (bicyclic) bond motifs is 1. The van der Waals surface area contributed by atoms with Crippen LogP contribution in [0.5, 0.6) is 11.5 Å². The van der Waals surface area contributed by atoms with Gasteiger partial charge in [-0.25, -0.2) is 4.98 Å². The van der Waals surface area contributed by atoms with Crippen LogP contribution in [0.25, 0.3) is 21.9 Å². The van der Waals surface area contributed by atoms with Crippen LogP contribution in [0, 0.1) is 0 Å². The summed E-state index contributed by atoms with van der Waals surface area (Å²) in [5.41, 5.74) is 2.28. The lowest BCUT2D eigenvalue weighted by Crippen LogP contribution is -2.22. The minimum absolute atomic E-state index is 0.210. The first kappa shape index (κ1) is 20.9. The molecule has 0 atom stereocenters. The van der Waals surface area contributed by atoms with Gasteiger partial charge >= 0.3 is 0 Å². The van der Waals surface area contributed by atoms with E-state index in [1.54, 1.807) is 0 Å². The Hall–Kier alpha value is -2.86. The van der Waals surface area contributed by atoms with Crippen LogP contribution in [0.15, 0.2) is 42.5 Å². The lowest BCUT2D eigenvalue weighted by atomic mass is 10.1. The van der Waals surface area contributed by atoms with Crippen molar-refractivity contribution in [3.63, 3.8) is 0 Å². The zero-order chi connectivity index (χ0) is 20.6. The summed E-state index contributed by atoms with van der Waals surface area (Å²) < 4.78 is 12.6. The van der Waals surface area contributed by atoms with Crippen LogP contribution in [0.3, 0.4) is 0 Å². The van der Waals surface area contributed by atoms with E-state index in [4.69, 9.17) is 9.47 Å². The highest BCUT2D eigenvalue weighted by Crippen LogP contribution is 2.33. The molecule has 0 saturated heterocycles. The second-order valence-electron chi connectivity index (χ2n) is 6.55. The summed E-state index contributed by atoms with van der Waals surface area (Å²) in [4.78, 5) is 15.9. The fourth-order valence-corrected chi connectivity index (χ4v) is 3.86.